The van der Waals surface area contributed by atoms with Crippen LogP contribution in [-0.2, 0) is 11.3 Å². The smallest absolute Gasteiger partial charge is 0.262 e. The lowest BCUT2D eigenvalue weighted by atomic mass is 10.1. The highest BCUT2D eigenvalue weighted by molar-refractivity contribution is 6.22. The van der Waals surface area contributed by atoms with Crippen molar-refractivity contribution in [1.29, 1.82) is 0 Å². The van der Waals surface area contributed by atoms with Crippen molar-refractivity contribution in [1.82, 2.24) is 9.80 Å². The molecule has 3 rings (SSSR count). The summed E-state index contributed by atoms with van der Waals surface area (Å²) < 4.78 is 18.7. The number of fused-ring (bicyclic) bond motifs is 1. The zero-order valence-electron chi connectivity index (χ0n) is 15.3. The third-order valence-electron chi connectivity index (χ3n) is 4.48. The number of benzene rings is 2. The van der Waals surface area contributed by atoms with Crippen molar-refractivity contribution in [2.45, 2.75) is 13.5 Å². The van der Waals surface area contributed by atoms with Crippen LogP contribution in [0.15, 0.2) is 36.4 Å². The molecule has 2 aromatic rings. The van der Waals surface area contributed by atoms with Crippen LogP contribution in [0.3, 0.4) is 0 Å². The molecule has 1 aliphatic heterocycles. The molecule has 3 amide bonds. The van der Waals surface area contributed by atoms with Gasteiger partial charge in [0, 0.05) is 13.6 Å². The third kappa shape index (κ3) is 3.53. The second kappa shape index (κ2) is 7.19. The summed E-state index contributed by atoms with van der Waals surface area (Å²) in [5.74, 6) is -1.78. The zero-order valence-corrected chi connectivity index (χ0v) is 15.3. The lowest BCUT2D eigenvalue weighted by Crippen LogP contribution is -2.40. The van der Waals surface area contributed by atoms with Gasteiger partial charge < -0.3 is 9.64 Å². The van der Waals surface area contributed by atoms with Crippen molar-refractivity contribution in [3.05, 3.63) is 64.5 Å². The van der Waals surface area contributed by atoms with E-state index in [1.165, 1.54) is 31.2 Å². The maximum atomic E-state index is 13.8. The third-order valence-corrected chi connectivity index (χ3v) is 4.48. The number of hydrogen-bond acceptors (Lipinski definition) is 4. The summed E-state index contributed by atoms with van der Waals surface area (Å²) in [5, 5.41) is 0. The van der Waals surface area contributed by atoms with E-state index in [0.29, 0.717) is 16.7 Å². The Kier molecular flexibility index (Phi) is 4.94. The molecular formula is C20H19FN2O4. The molecule has 0 atom stereocenters. The number of hydrogen-bond donors (Lipinski definition) is 0. The first kappa shape index (κ1) is 18.6. The highest BCUT2D eigenvalue weighted by Gasteiger charge is 2.37. The topological polar surface area (TPSA) is 66.9 Å². The molecule has 0 fully saturated rings. The number of amides is 3. The van der Waals surface area contributed by atoms with Crippen molar-refractivity contribution in [3.8, 4) is 5.75 Å². The molecule has 27 heavy (non-hydrogen) atoms. The van der Waals surface area contributed by atoms with E-state index >= 15 is 0 Å². The maximum Gasteiger partial charge on any atom is 0.262 e. The van der Waals surface area contributed by atoms with Gasteiger partial charge in [0.2, 0.25) is 5.91 Å². The number of carbonyl (C=O) groups excluding carboxylic acids is 3. The molecule has 0 aromatic heterocycles. The van der Waals surface area contributed by atoms with Crippen LogP contribution in [0.1, 0.15) is 31.8 Å². The van der Waals surface area contributed by atoms with Gasteiger partial charge in [-0.1, -0.05) is 17.7 Å². The predicted molar refractivity (Wildman–Crippen MR) is 96.0 cm³/mol. The number of nitrogens with zero attached hydrogens (tertiary/aromatic N) is 2. The second-order valence-corrected chi connectivity index (χ2v) is 6.46. The van der Waals surface area contributed by atoms with Crippen molar-refractivity contribution >= 4 is 17.7 Å². The molecule has 0 unspecified atom stereocenters. The lowest BCUT2D eigenvalue weighted by molar-refractivity contribution is -0.130. The van der Waals surface area contributed by atoms with E-state index in [1.54, 1.807) is 24.3 Å². The fourth-order valence-corrected chi connectivity index (χ4v) is 2.97. The Balaban J connectivity index is 1.69. The van der Waals surface area contributed by atoms with Crippen LogP contribution in [0.4, 0.5) is 4.39 Å². The molecular weight excluding hydrogens is 351 g/mol. The fraction of sp³-hybridized carbons (Fsp3) is 0.250. The summed E-state index contributed by atoms with van der Waals surface area (Å²) in [6, 6.07) is 9.40. The van der Waals surface area contributed by atoms with Gasteiger partial charge in [0.05, 0.1) is 18.2 Å². The average Bonchev–Trinajstić information content (AvgIpc) is 2.86. The van der Waals surface area contributed by atoms with Crippen molar-refractivity contribution in [2.75, 3.05) is 20.7 Å². The first-order valence-corrected chi connectivity index (χ1v) is 8.35. The Hall–Kier alpha value is -3.22. The number of rotatable bonds is 5. The van der Waals surface area contributed by atoms with Crippen LogP contribution in [-0.4, -0.2) is 48.2 Å². The number of halogens is 1. The van der Waals surface area contributed by atoms with Gasteiger partial charge in [-0.05, 0) is 36.8 Å². The Labute approximate surface area is 156 Å². The Morgan fingerprint density at radius 3 is 2.48 bits per heavy atom. The zero-order chi connectivity index (χ0) is 19.7. The molecule has 0 bridgehead atoms. The molecule has 2 aromatic carbocycles. The van der Waals surface area contributed by atoms with Gasteiger partial charge >= 0.3 is 0 Å². The summed E-state index contributed by atoms with van der Waals surface area (Å²) in [6.45, 7) is 1.61. The fourth-order valence-electron chi connectivity index (χ4n) is 2.97. The molecule has 7 heteroatoms. The second-order valence-electron chi connectivity index (χ2n) is 6.46. The molecule has 1 heterocycles. The van der Waals surface area contributed by atoms with E-state index in [2.05, 4.69) is 0 Å². The van der Waals surface area contributed by atoms with Crippen LogP contribution >= 0.6 is 0 Å². The highest BCUT2D eigenvalue weighted by atomic mass is 19.1. The van der Waals surface area contributed by atoms with Gasteiger partial charge in [-0.25, -0.2) is 4.39 Å². The molecule has 140 valence electrons. The van der Waals surface area contributed by atoms with E-state index < -0.39 is 23.5 Å². The van der Waals surface area contributed by atoms with Crippen molar-refractivity contribution in [3.63, 3.8) is 0 Å². The van der Waals surface area contributed by atoms with Crippen LogP contribution in [0.2, 0.25) is 0 Å². The van der Waals surface area contributed by atoms with E-state index in [4.69, 9.17) is 4.74 Å². The van der Waals surface area contributed by atoms with Gasteiger partial charge in [-0.3, -0.25) is 19.3 Å². The number of ether oxygens (including phenoxy) is 1. The molecule has 1 aliphatic rings. The van der Waals surface area contributed by atoms with E-state index in [1.807, 2.05) is 6.92 Å². The summed E-state index contributed by atoms with van der Waals surface area (Å²) >= 11 is 0. The minimum Gasteiger partial charge on any atom is -0.494 e. The largest absolute Gasteiger partial charge is 0.494 e. The van der Waals surface area contributed by atoms with Gasteiger partial charge in [0.25, 0.3) is 11.8 Å². The Morgan fingerprint density at radius 1 is 1.11 bits per heavy atom. The molecule has 0 N–H and O–H groups in total. The number of carbonyl (C=O) groups is 3. The number of likely N-dealkylation sites (N-methyl/N-ethyl adjacent to an activating group) is 1. The quantitative estimate of drug-likeness (QED) is 0.758. The van der Waals surface area contributed by atoms with E-state index in [9.17, 15) is 18.8 Å². The lowest BCUT2D eigenvalue weighted by Gasteiger charge is -2.21. The SMILES string of the molecule is COc1ccc(CN(C)C(=O)CN2C(=O)c3ccc(C)cc3C2=O)cc1F. The van der Waals surface area contributed by atoms with Gasteiger partial charge in [0.15, 0.2) is 11.6 Å². The van der Waals surface area contributed by atoms with Crippen LogP contribution in [0.25, 0.3) is 0 Å². The first-order valence-electron chi connectivity index (χ1n) is 8.35. The summed E-state index contributed by atoms with van der Waals surface area (Å²) in [5.41, 5.74) is 2.05. The standard InChI is InChI=1S/C20H19FN2O4/c1-12-4-6-14-15(8-12)20(26)23(19(14)25)11-18(24)22(2)10-13-5-7-17(27-3)16(21)9-13/h4-9H,10-11H2,1-3H3. The molecule has 0 saturated carbocycles. The normalized spacial score (nSPS) is 13.0. The van der Waals surface area contributed by atoms with Gasteiger partial charge in [-0.15, -0.1) is 0 Å². The van der Waals surface area contributed by atoms with Crippen molar-refractivity contribution < 1.29 is 23.5 Å². The molecule has 0 saturated heterocycles. The minimum atomic E-state index is -0.522. The molecule has 0 radical (unpaired) electrons. The van der Waals surface area contributed by atoms with Gasteiger partial charge in [0.1, 0.15) is 6.54 Å². The summed E-state index contributed by atoms with van der Waals surface area (Å²) in [4.78, 5) is 39.6. The van der Waals surface area contributed by atoms with Crippen LogP contribution in [0.5, 0.6) is 5.75 Å². The first-order chi connectivity index (χ1) is 12.8. The average molecular weight is 370 g/mol. The van der Waals surface area contributed by atoms with E-state index in [0.717, 1.165) is 10.5 Å². The molecule has 0 spiro atoms. The van der Waals surface area contributed by atoms with Gasteiger partial charge in [-0.2, -0.15) is 0 Å². The summed E-state index contributed by atoms with van der Waals surface area (Å²) in [7, 11) is 2.91. The summed E-state index contributed by atoms with van der Waals surface area (Å²) in [6.07, 6.45) is 0. The Morgan fingerprint density at radius 2 is 1.81 bits per heavy atom. The van der Waals surface area contributed by atoms with E-state index in [-0.39, 0.29) is 18.8 Å². The Bertz CT molecular complexity index is 942. The van der Waals surface area contributed by atoms with Crippen molar-refractivity contribution in [2.24, 2.45) is 0 Å². The number of methoxy groups -OCH3 is 1. The van der Waals surface area contributed by atoms with Crippen LogP contribution in [0, 0.1) is 12.7 Å². The highest BCUT2D eigenvalue weighted by Crippen LogP contribution is 2.24. The predicted octanol–water partition coefficient (Wildman–Crippen LogP) is 2.40. The number of imide groups is 1. The van der Waals surface area contributed by atoms with Crippen LogP contribution < -0.4 is 4.74 Å². The monoisotopic (exact) mass is 370 g/mol. The maximum absolute atomic E-state index is 13.8. The number of aryl methyl sites for hydroxylation is 1. The molecule has 6 nitrogen and oxygen atoms in total. The minimum absolute atomic E-state index is 0.119. The molecule has 0 aliphatic carbocycles.